The van der Waals surface area contributed by atoms with Gasteiger partial charge in [-0.25, -0.2) is 8.78 Å². The molecule has 16 heavy (non-hydrogen) atoms. The van der Waals surface area contributed by atoms with Gasteiger partial charge in [-0.05, 0) is 32.0 Å². The molecule has 1 aliphatic carbocycles. The first kappa shape index (κ1) is 11.5. The maximum Gasteiger partial charge on any atom is 0.131 e. The summed E-state index contributed by atoms with van der Waals surface area (Å²) in [6, 6.07) is 4.10. The SMILES string of the molecule is CNC1(c2c(F)cccc2F)CCCCC1. The molecule has 1 fully saturated rings. The predicted molar refractivity (Wildman–Crippen MR) is 60.2 cm³/mol. The molecule has 0 amide bonds. The summed E-state index contributed by atoms with van der Waals surface area (Å²) in [6.07, 6.45) is 4.81. The van der Waals surface area contributed by atoms with Gasteiger partial charge in [0.25, 0.3) is 0 Å². The van der Waals surface area contributed by atoms with Crippen LogP contribution >= 0.6 is 0 Å². The summed E-state index contributed by atoms with van der Waals surface area (Å²) in [7, 11) is 1.79. The number of benzene rings is 1. The molecule has 0 heterocycles. The van der Waals surface area contributed by atoms with E-state index in [0.29, 0.717) is 0 Å². The van der Waals surface area contributed by atoms with Crippen molar-refractivity contribution in [1.82, 2.24) is 5.32 Å². The predicted octanol–water partition coefficient (Wildman–Crippen LogP) is 3.34. The van der Waals surface area contributed by atoms with Crippen molar-refractivity contribution in [2.45, 2.75) is 37.6 Å². The lowest BCUT2D eigenvalue weighted by Gasteiger charge is -2.38. The fraction of sp³-hybridized carbons (Fsp3) is 0.538. The lowest BCUT2D eigenvalue weighted by molar-refractivity contribution is 0.234. The van der Waals surface area contributed by atoms with E-state index in [4.69, 9.17) is 0 Å². The van der Waals surface area contributed by atoms with E-state index in [2.05, 4.69) is 5.32 Å². The van der Waals surface area contributed by atoms with Crippen molar-refractivity contribution < 1.29 is 8.78 Å². The maximum absolute atomic E-state index is 13.8. The van der Waals surface area contributed by atoms with Crippen LogP contribution in [0.1, 0.15) is 37.7 Å². The van der Waals surface area contributed by atoms with Crippen LogP contribution in [0.25, 0.3) is 0 Å². The van der Waals surface area contributed by atoms with Gasteiger partial charge >= 0.3 is 0 Å². The second kappa shape index (κ2) is 4.50. The van der Waals surface area contributed by atoms with E-state index >= 15 is 0 Å². The highest BCUT2D eigenvalue weighted by Gasteiger charge is 2.36. The quantitative estimate of drug-likeness (QED) is 0.814. The third-order valence-corrected chi connectivity index (χ3v) is 3.63. The molecule has 1 aliphatic rings. The number of nitrogens with one attached hydrogen (secondary N) is 1. The first-order chi connectivity index (χ1) is 7.69. The van der Waals surface area contributed by atoms with Crippen molar-refractivity contribution in [1.29, 1.82) is 0 Å². The Kier molecular flexibility index (Phi) is 3.24. The zero-order valence-electron chi connectivity index (χ0n) is 9.52. The van der Waals surface area contributed by atoms with E-state index in [-0.39, 0.29) is 5.56 Å². The van der Waals surface area contributed by atoms with Crippen molar-refractivity contribution in [3.8, 4) is 0 Å². The molecule has 0 unspecified atom stereocenters. The van der Waals surface area contributed by atoms with Crippen LogP contribution in [0.4, 0.5) is 8.78 Å². The Morgan fingerprint density at radius 3 is 2.12 bits per heavy atom. The Morgan fingerprint density at radius 2 is 1.62 bits per heavy atom. The van der Waals surface area contributed by atoms with Gasteiger partial charge in [-0.2, -0.15) is 0 Å². The molecule has 88 valence electrons. The first-order valence-electron chi connectivity index (χ1n) is 5.83. The topological polar surface area (TPSA) is 12.0 Å². The van der Waals surface area contributed by atoms with Crippen LogP contribution in [0.15, 0.2) is 18.2 Å². The number of rotatable bonds is 2. The minimum atomic E-state index is -0.506. The van der Waals surface area contributed by atoms with Crippen LogP contribution in [-0.4, -0.2) is 7.05 Å². The van der Waals surface area contributed by atoms with Crippen molar-refractivity contribution in [3.63, 3.8) is 0 Å². The molecule has 1 aromatic rings. The van der Waals surface area contributed by atoms with Gasteiger partial charge in [0.05, 0.1) is 0 Å². The van der Waals surface area contributed by atoms with Crippen LogP contribution < -0.4 is 5.32 Å². The summed E-state index contributed by atoms with van der Waals surface area (Å²) in [5.74, 6) is -0.868. The highest BCUT2D eigenvalue weighted by molar-refractivity contribution is 5.28. The zero-order valence-corrected chi connectivity index (χ0v) is 9.52. The fourth-order valence-electron chi connectivity index (χ4n) is 2.74. The van der Waals surface area contributed by atoms with Gasteiger partial charge in [-0.3, -0.25) is 0 Å². The van der Waals surface area contributed by atoms with Crippen molar-refractivity contribution in [2.24, 2.45) is 0 Å². The molecule has 1 nitrogen and oxygen atoms in total. The number of hydrogen-bond donors (Lipinski definition) is 1. The third kappa shape index (κ3) is 1.84. The Balaban J connectivity index is 2.46. The highest BCUT2D eigenvalue weighted by atomic mass is 19.1. The molecule has 1 N–H and O–H groups in total. The largest absolute Gasteiger partial charge is 0.310 e. The summed E-state index contributed by atoms with van der Waals surface area (Å²) in [4.78, 5) is 0. The minimum absolute atomic E-state index is 0.220. The summed E-state index contributed by atoms with van der Waals surface area (Å²) in [6.45, 7) is 0. The molecule has 3 heteroatoms. The van der Waals surface area contributed by atoms with Crippen LogP contribution in [0.2, 0.25) is 0 Å². The normalized spacial score (nSPS) is 19.7. The molecule has 0 saturated heterocycles. The smallest absolute Gasteiger partial charge is 0.131 e. The molecular weight excluding hydrogens is 208 g/mol. The van der Waals surface area contributed by atoms with Gasteiger partial charge < -0.3 is 5.32 Å². The number of halogens is 2. The Labute approximate surface area is 94.9 Å². The summed E-state index contributed by atoms with van der Waals surface area (Å²) >= 11 is 0. The molecule has 0 spiro atoms. The average molecular weight is 225 g/mol. The van der Waals surface area contributed by atoms with E-state index in [1.54, 1.807) is 7.05 Å². The van der Waals surface area contributed by atoms with Gasteiger partial charge in [-0.15, -0.1) is 0 Å². The fourth-order valence-corrected chi connectivity index (χ4v) is 2.74. The van der Waals surface area contributed by atoms with Gasteiger partial charge in [0, 0.05) is 11.1 Å². The van der Waals surface area contributed by atoms with Gasteiger partial charge in [0.15, 0.2) is 0 Å². The highest BCUT2D eigenvalue weighted by Crippen LogP contribution is 2.39. The Morgan fingerprint density at radius 1 is 1.06 bits per heavy atom. The molecular formula is C13H17F2N. The van der Waals surface area contributed by atoms with Crippen LogP contribution in [-0.2, 0) is 5.54 Å². The van der Waals surface area contributed by atoms with Gasteiger partial charge in [0.1, 0.15) is 11.6 Å². The maximum atomic E-state index is 13.8. The lowest BCUT2D eigenvalue weighted by atomic mass is 9.76. The second-order valence-corrected chi connectivity index (χ2v) is 4.49. The van der Waals surface area contributed by atoms with Crippen molar-refractivity contribution >= 4 is 0 Å². The molecule has 0 radical (unpaired) electrons. The molecule has 0 aromatic heterocycles. The third-order valence-electron chi connectivity index (χ3n) is 3.63. The minimum Gasteiger partial charge on any atom is -0.310 e. The van der Waals surface area contributed by atoms with Gasteiger partial charge in [-0.1, -0.05) is 25.3 Å². The number of hydrogen-bond acceptors (Lipinski definition) is 1. The molecule has 1 saturated carbocycles. The molecule has 1 aromatic carbocycles. The molecule has 0 aliphatic heterocycles. The van der Waals surface area contributed by atoms with Crippen LogP contribution in [0, 0.1) is 11.6 Å². The Hall–Kier alpha value is -0.960. The summed E-state index contributed by atoms with van der Waals surface area (Å²) in [5, 5.41) is 3.14. The van der Waals surface area contributed by atoms with Crippen molar-refractivity contribution in [3.05, 3.63) is 35.4 Å². The molecule has 0 atom stereocenters. The van der Waals surface area contributed by atoms with E-state index in [1.807, 2.05) is 0 Å². The second-order valence-electron chi connectivity index (χ2n) is 4.49. The molecule has 2 rings (SSSR count). The average Bonchev–Trinajstić information content (AvgIpc) is 2.30. The summed E-state index contributed by atoms with van der Waals surface area (Å²) < 4.78 is 27.6. The van der Waals surface area contributed by atoms with Crippen LogP contribution in [0.5, 0.6) is 0 Å². The van der Waals surface area contributed by atoms with E-state index in [0.717, 1.165) is 32.1 Å². The van der Waals surface area contributed by atoms with E-state index < -0.39 is 17.2 Å². The van der Waals surface area contributed by atoms with Gasteiger partial charge in [0.2, 0.25) is 0 Å². The van der Waals surface area contributed by atoms with E-state index in [9.17, 15) is 8.78 Å². The molecule has 0 bridgehead atoms. The van der Waals surface area contributed by atoms with Crippen molar-refractivity contribution in [2.75, 3.05) is 7.05 Å². The van der Waals surface area contributed by atoms with Crippen LogP contribution in [0.3, 0.4) is 0 Å². The monoisotopic (exact) mass is 225 g/mol. The Bertz CT molecular complexity index is 350. The zero-order chi connectivity index (χ0) is 11.6. The standard InChI is InChI=1S/C13H17F2N/c1-16-13(8-3-2-4-9-13)12-10(14)6-5-7-11(12)15/h5-7,16H,2-4,8-9H2,1H3. The lowest BCUT2D eigenvalue weighted by Crippen LogP contribution is -2.43. The summed E-state index contributed by atoms with van der Waals surface area (Å²) in [5.41, 5.74) is -0.287. The first-order valence-corrected chi connectivity index (χ1v) is 5.83. The van der Waals surface area contributed by atoms with E-state index in [1.165, 1.54) is 18.2 Å².